The maximum absolute atomic E-state index is 11.5. The van der Waals surface area contributed by atoms with Gasteiger partial charge in [-0.2, -0.15) is 0 Å². The number of benzene rings is 1. The van der Waals surface area contributed by atoms with E-state index >= 15 is 0 Å². The Balaban J connectivity index is 1.91. The van der Waals surface area contributed by atoms with Gasteiger partial charge in [-0.25, -0.2) is 4.79 Å². The van der Waals surface area contributed by atoms with E-state index in [0.29, 0.717) is 17.3 Å². The molecule has 4 nitrogen and oxygen atoms in total. The van der Waals surface area contributed by atoms with Crippen molar-refractivity contribution in [1.82, 2.24) is 5.32 Å². The molecule has 0 saturated heterocycles. The summed E-state index contributed by atoms with van der Waals surface area (Å²) >= 11 is 0. The predicted molar refractivity (Wildman–Crippen MR) is 61.6 cm³/mol. The molecule has 2 N–H and O–H groups in total. The lowest BCUT2D eigenvalue weighted by Crippen LogP contribution is -2.41. The fourth-order valence-corrected chi connectivity index (χ4v) is 1.59. The summed E-state index contributed by atoms with van der Waals surface area (Å²) in [6.45, 7) is 0. The second-order valence-corrected chi connectivity index (χ2v) is 3.97. The van der Waals surface area contributed by atoms with Crippen LogP contribution in [0, 0.1) is 0 Å². The second kappa shape index (κ2) is 4.79. The molecule has 2 amide bonds. The summed E-state index contributed by atoms with van der Waals surface area (Å²) < 4.78 is 0. The summed E-state index contributed by atoms with van der Waals surface area (Å²) in [5.41, 5.74) is 1.20. The van der Waals surface area contributed by atoms with Gasteiger partial charge in [-0.3, -0.25) is 4.79 Å². The molecule has 0 aliphatic heterocycles. The summed E-state index contributed by atoms with van der Waals surface area (Å²) in [5.74, 6) is 0. The van der Waals surface area contributed by atoms with E-state index in [-0.39, 0.29) is 6.03 Å². The van der Waals surface area contributed by atoms with Gasteiger partial charge in [0.05, 0.1) is 0 Å². The fraction of sp³-hybridized carbons (Fsp3) is 0.333. The van der Waals surface area contributed by atoms with Crippen molar-refractivity contribution < 1.29 is 9.59 Å². The maximum atomic E-state index is 11.5. The minimum Gasteiger partial charge on any atom is -0.335 e. The van der Waals surface area contributed by atoms with Gasteiger partial charge in [0.25, 0.3) is 0 Å². The number of rotatable bonds is 3. The minimum atomic E-state index is -0.201. The molecular formula is C12H14N2O2. The number of aldehydes is 1. The largest absolute Gasteiger partial charge is 0.335 e. The fourth-order valence-electron chi connectivity index (χ4n) is 1.59. The van der Waals surface area contributed by atoms with Crippen molar-refractivity contribution in [2.45, 2.75) is 25.3 Å². The third kappa shape index (κ3) is 2.59. The first-order valence-electron chi connectivity index (χ1n) is 5.41. The zero-order valence-corrected chi connectivity index (χ0v) is 8.90. The molecule has 1 aromatic rings. The summed E-state index contributed by atoms with van der Waals surface area (Å²) in [4.78, 5) is 22.1. The number of amides is 2. The number of carbonyl (C=O) groups excluding carboxylic acids is 2. The van der Waals surface area contributed by atoms with Gasteiger partial charge in [-0.05, 0) is 31.4 Å². The Bertz CT molecular complexity index is 400. The van der Waals surface area contributed by atoms with E-state index in [0.717, 1.165) is 19.1 Å². The molecule has 1 fully saturated rings. The van der Waals surface area contributed by atoms with Crippen molar-refractivity contribution in [3.8, 4) is 0 Å². The van der Waals surface area contributed by atoms with E-state index in [1.165, 1.54) is 6.42 Å². The van der Waals surface area contributed by atoms with Crippen LogP contribution in [-0.2, 0) is 0 Å². The first-order chi connectivity index (χ1) is 7.78. The highest BCUT2D eigenvalue weighted by Crippen LogP contribution is 2.18. The van der Waals surface area contributed by atoms with Crippen molar-refractivity contribution in [2.24, 2.45) is 0 Å². The van der Waals surface area contributed by atoms with Crippen LogP contribution < -0.4 is 10.6 Å². The van der Waals surface area contributed by atoms with Crippen LogP contribution in [0.4, 0.5) is 10.5 Å². The molecule has 0 bridgehead atoms. The molecule has 1 aliphatic carbocycles. The number of carbonyl (C=O) groups is 2. The van der Waals surface area contributed by atoms with Crippen LogP contribution in [0.2, 0.25) is 0 Å². The minimum absolute atomic E-state index is 0.201. The van der Waals surface area contributed by atoms with Gasteiger partial charge in [0.2, 0.25) is 0 Å². The Morgan fingerprint density at radius 2 is 2.19 bits per heavy atom. The zero-order chi connectivity index (χ0) is 11.4. The molecule has 4 heteroatoms. The lowest BCUT2D eigenvalue weighted by Gasteiger charge is -2.26. The third-order valence-corrected chi connectivity index (χ3v) is 2.72. The van der Waals surface area contributed by atoms with Crippen LogP contribution in [0.25, 0.3) is 0 Å². The standard InChI is InChI=1S/C12H14N2O2/c15-8-9-3-1-6-11(7-9)14-12(16)13-10-4-2-5-10/h1,3,6-8,10H,2,4-5H2,(H2,13,14,16). The average molecular weight is 218 g/mol. The number of hydrogen-bond acceptors (Lipinski definition) is 2. The normalized spacial score (nSPS) is 15.0. The lowest BCUT2D eigenvalue weighted by atomic mass is 9.93. The molecule has 0 unspecified atom stereocenters. The van der Waals surface area contributed by atoms with E-state index in [1.54, 1.807) is 24.3 Å². The van der Waals surface area contributed by atoms with Crippen molar-refractivity contribution in [1.29, 1.82) is 0 Å². The molecule has 1 aromatic carbocycles. The van der Waals surface area contributed by atoms with E-state index < -0.39 is 0 Å². The van der Waals surface area contributed by atoms with Gasteiger partial charge in [-0.15, -0.1) is 0 Å². The highest BCUT2D eigenvalue weighted by Gasteiger charge is 2.19. The van der Waals surface area contributed by atoms with Gasteiger partial charge >= 0.3 is 6.03 Å². The smallest absolute Gasteiger partial charge is 0.319 e. The van der Waals surface area contributed by atoms with Gasteiger partial charge in [0.1, 0.15) is 6.29 Å². The first-order valence-corrected chi connectivity index (χ1v) is 5.41. The summed E-state index contributed by atoms with van der Waals surface area (Å²) in [5, 5.41) is 5.57. The molecule has 1 saturated carbocycles. The zero-order valence-electron chi connectivity index (χ0n) is 8.90. The lowest BCUT2D eigenvalue weighted by molar-refractivity contribution is 0.112. The highest BCUT2D eigenvalue weighted by atomic mass is 16.2. The van der Waals surface area contributed by atoms with Crippen LogP contribution in [0.15, 0.2) is 24.3 Å². The first kappa shape index (κ1) is 10.7. The Labute approximate surface area is 94.0 Å². The highest BCUT2D eigenvalue weighted by molar-refractivity contribution is 5.90. The molecule has 2 rings (SSSR count). The molecule has 0 heterocycles. The van der Waals surface area contributed by atoms with Gasteiger partial charge in [-0.1, -0.05) is 12.1 Å². The molecule has 0 atom stereocenters. The molecule has 0 radical (unpaired) electrons. The Kier molecular flexibility index (Phi) is 3.19. The predicted octanol–water partition coefficient (Wildman–Crippen LogP) is 2.17. The molecular weight excluding hydrogens is 204 g/mol. The Hall–Kier alpha value is -1.84. The molecule has 16 heavy (non-hydrogen) atoms. The summed E-state index contributed by atoms with van der Waals surface area (Å²) in [7, 11) is 0. The number of anilines is 1. The van der Waals surface area contributed by atoms with Crippen molar-refractivity contribution in [3.05, 3.63) is 29.8 Å². The summed E-state index contributed by atoms with van der Waals surface area (Å²) in [6, 6.07) is 6.95. The van der Waals surface area contributed by atoms with Gasteiger partial charge in [0.15, 0.2) is 0 Å². The van der Waals surface area contributed by atoms with Crippen molar-refractivity contribution in [3.63, 3.8) is 0 Å². The SMILES string of the molecule is O=Cc1cccc(NC(=O)NC2CCC2)c1. The van der Waals surface area contributed by atoms with Gasteiger partial charge in [0, 0.05) is 17.3 Å². The Morgan fingerprint density at radius 3 is 2.81 bits per heavy atom. The van der Waals surface area contributed by atoms with Crippen molar-refractivity contribution >= 4 is 18.0 Å². The molecule has 84 valence electrons. The third-order valence-electron chi connectivity index (χ3n) is 2.72. The van der Waals surface area contributed by atoms with E-state index in [1.807, 2.05) is 0 Å². The monoisotopic (exact) mass is 218 g/mol. The van der Waals surface area contributed by atoms with Crippen LogP contribution in [0.5, 0.6) is 0 Å². The van der Waals surface area contributed by atoms with Crippen LogP contribution >= 0.6 is 0 Å². The topological polar surface area (TPSA) is 58.2 Å². The van der Waals surface area contributed by atoms with E-state index in [4.69, 9.17) is 0 Å². The molecule has 0 spiro atoms. The van der Waals surface area contributed by atoms with E-state index in [9.17, 15) is 9.59 Å². The maximum Gasteiger partial charge on any atom is 0.319 e. The average Bonchev–Trinajstić information content (AvgIpc) is 2.24. The van der Waals surface area contributed by atoms with Gasteiger partial charge < -0.3 is 10.6 Å². The number of hydrogen-bond donors (Lipinski definition) is 2. The van der Waals surface area contributed by atoms with Crippen LogP contribution in [0.1, 0.15) is 29.6 Å². The second-order valence-electron chi connectivity index (χ2n) is 3.97. The molecule has 1 aliphatic rings. The van der Waals surface area contributed by atoms with Crippen LogP contribution in [0.3, 0.4) is 0 Å². The quantitative estimate of drug-likeness (QED) is 0.764. The van der Waals surface area contributed by atoms with Crippen LogP contribution in [-0.4, -0.2) is 18.4 Å². The van der Waals surface area contributed by atoms with Crippen molar-refractivity contribution in [2.75, 3.05) is 5.32 Å². The summed E-state index contributed by atoms with van der Waals surface area (Å²) in [6.07, 6.45) is 4.06. The van der Waals surface area contributed by atoms with E-state index in [2.05, 4.69) is 10.6 Å². The number of nitrogens with one attached hydrogen (secondary N) is 2. The number of urea groups is 1. The Morgan fingerprint density at radius 1 is 1.38 bits per heavy atom. The molecule has 0 aromatic heterocycles.